The van der Waals surface area contributed by atoms with Crippen molar-refractivity contribution in [3.05, 3.63) is 71.4 Å². The van der Waals surface area contributed by atoms with Crippen LogP contribution in [0.25, 0.3) is 10.9 Å². The molecule has 3 rings (SSSR count). The van der Waals surface area contributed by atoms with Gasteiger partial charge < -0.3 is 10.1 Å². The Kier molecular flexibility index (Phi) is 7.21. The summed E-state index contributed by atoms with van der Waals surface area (Å²) in [6.45, 7) is 0.395. The number of aromatic nitrogens is 1. The number of fused-ring (bicyclic) bond motifs is 1. The highest BCUT2D eigenvalue weighted by Gasteiger charge is 2.08. The average Bonchev–Trinajstić information content (AvgIpc) is 2.75. The Hall–Kier alpha value is -3.36. The number of pyridine rings is 1. The monoisotopic (exact) mass is 406 g/mol. The second-order valence-corrected chi connectivity index (χ2v) is 6.62. The number of carbonyl (C=O) groups excluding carboxylic acids is 2. The molecule has 0 aliphatic rings. The van der Waals surface area contributed by atoms with Crippen LogP contribution in [-0.2, 0) is 4.79 Å². The molecule has 0 fully saturated rings. The number of ether oxygens (including phenoxy) is 1. The summed E-state index contributed by atoms with van der Waals surface area (Å²) < 4.78 is 5.66. The number of hydrogen-bond donors (Lipinski definition) is 1. The second-order valence-electron chi connectivity index (χ2n) is 6.18. The van der Waals surface area contributed by atoms with Crippen LogP contribution in [0.1, 0.15) is 23.2 Å². The van der Waals surface area contributed by atoms with Crippen molar-refractivity contribution in [1.82, 2.24) is 10.3 Å². The summed E-state index contributed by atoms with van der Waals surface area (Å²) in [5.74, 6) is 6.04. The van der Waals surface area contributed by atoms with Crippen molar-refractivity contribution in [1.29, 1.82) is 0 Å². The highest BCUT2D eigenvalue weighted by Crippen LogP contribution is 2.22. The van der Waals surface area contributed by atoms with Gasteiger partial charge in [0, 0.05) is 35.0 Å². The van der Waals surface area contributed by atoms with E-state index in [9.17, 15) is 9.59 Å². The largest absolute Gasteiger partial charge is 0.479 e. The fourth-order valence-electron chi connectivity index (χ4n) is 2.66. The first-order valence-electron chi connectivity index (χ1n) is 9.11. The van der Waals surface area contributed by atoms with Crippen molar-refractivity contribution in [3.63, 3.8) is 0 Å². The quantitative estimate of drug-likeness (QED) is 0.474. The maximum absolute atomic E-state index is 12.0. The number of rotatable bonds is 7. The van der Waals surface area contributed by atoms with Gasteiger partial charge >= 0.3 is 0 Å². The minimum atomic E-state index is -0.221. The molecular weight excluding hydrogens is 388 g/mol. The Labute approximate surface area is 174 Å². The lowest BCUT2D eigenvalue weighted by atomic mass is 10.1. The normalized spacial score (nSPS) is 10.1. The van der Waals surface area contributed by atoms with Crippen LogP contribution in [0.4, 0.5) is 0 Å². The fraction of sp³-hybridized carbons (Fsp3) is 0.174. The first-order chi connectivity index (χ1) is 14.1. The molecule has 5 nitrogen and oxygen atoms in total. The Balaban J connectivity index is 1.38. The average molecular weight is 407 g/mol. The molecule has 1 aromatic heterocycles. The number of nitrogens with one attached hydrogen (secondary N) is 1. The van der Waals surface area contributed by atoms with Crippen LogP contribution >= 0.6 is 11.6 Å². The second kappa shape index (κ2) is 10.3. The molecule has 29 heavy (non-hydrogen) atoms. The number of benzene rings is 2. The molecule has 0 aliphatic heterocycles. The van der Waals surface area contributed by atoms with E-state index in [1.165, 1.54) is 0 Å². The van der Waals surface area contributed by atoms with E-state index in [2.05, 4.69) is 22.1 Å². The topological polar surface area (TPSA) is 68.3 Å². The van der Waals surface area contributed by atoms with Crippen molar-refractivity contribution in [2.45, 2.75) is 12.8 Å². The maximum Gasteiger partial charge on any atom is 0.221 e. The molecule has 3 aromatic rings. The van der Waals surface area contributed by atoms with Gasteiger partial charge in [0.05, 0.1) is 6.54 Å². The summed E-state index contributed by atoms with van der Waals surface area (Å²) in [7, 11) is 0. The Morgan fingerprint density at radius 3 is 2.62 bits per heavy atom. The van der Waals surface area contributed by atoms with Crippen LogP contribution in [0.2, 0.25) is 5.02 Å². The van der Waals surface area contributed by atoms with Gasteiger partial charge in [0.2, 0.25) is 5.91 Å². The van der Waals surface area contributed by atoms with Gasteiger partial charge in [-0.1, -0.05) is 41.6 Å². The van der Waals surface area contributed by atoms with Gasteiger partial charge in [-0.15, -0.1) is 0 Å². The van der Waals surface area contributed by atoms with E-state index in [1.807, 2.05) is 30.3 Å². The van der Waals surface area contributed by atoms with Gasteiger partial charge in [-0.05, 0) is 36.4 Å². The van der Waals surface area contributed by atoms with Crippen LogP contribution in [0.5, 0.6) is 5.75 Å². The predicted octanol–water partition coefficient (Wildman–Crippen LogP) is 4.05. The molecule has 0 unspecified atom stereocenters. The number of hydrogen-bond acceptors (Lipinski definition) is 4. The molecule has 0 saturated heterocycles. The first-order valence-corrected chi connectivity index (χ1v) is 9.49. The van der Waals surface area contributed by atoms with Gasteiger partial charge in [0.25, 0.3) is 0 Å². The first kappa shape index (κ1) is 20.4. The van der Waals surface area contributed by atoms with Crippen LogP contribution < -0.4 is 10.1 Å². The lowest BCUT2D eigenvalue weighted by Crippen LogP contribution is -2.24. The number of halogens is 1. The summed E-state index contributed by atoms with van der Waals surface area (Å²) in [4.78, 5) is 28.2. The number of para-hydroxylation sites is 1. The zero-order valence-corrected chi connectivity index (χ0v) is 16.4. The molecule has 146 valence electrons. The zero-order valence-electron chi connectivity index (χ0n) is 15.7. The smallest absolute Gasteiger partial charge is 0.221 e. The molecule has 2 aromatic carbocycles. The highest BCUT2D eigenvalue weighted by atomic mass is 35.5. The van der Waals surface area contributed by atoms with E-state index < -0.39 is 0 Å². The molecule has 0 saturated carbocycles. The van der Waals surface area contributed by atoms with Crippen LogP contribution in [-0.4, -0.2) is 29.8 Å². The SMILES string of the molecule is O=C(CCC(=O)c1ccc(Cl)cc1)NCC#CCOc1cccc2cccnc12. The lowest BCUT2D eigenvalue weighted by Gasteiger charge is -2.05. The van der Waals surface area contributed by atoms with E-state index in [1.54, 1.807) is 30.5 Å². The molecule has 1 amide bonds. The van der Waals surface area contributed by atoms with Crippen molar-refractivity contribution in [2.24, 2.45) is 0 Å². The van der Waals surface area contributed by atoms with Crippen molar-refractivity contribution in [2.75, 3.05) is 13.2 Å². The number of nitrogens with zero attached hydrogens (tertiary/aromatic N) is 1. The Morgan fingerprint density at radius 2 is 1.79 bits per heavy atom. The van der Waals surface area contributed by atoms with Gasteiger partial charge in [0.1, 0.15) is 17.9 Å². The highest BCUT2D eigenvalue weighted by molar-refractivity contribution is 6.30. The number of carbonyl (C=O) groups is 2. The minimum Gasteiger partial charge on any atom is -0.479 e. The van der Waals surface area contributed by atoms with Crippen LogP contribution in [0.3, 0.4) is 0 Å². The molecule has 0 atom stereocenters. The summed E-state index contributed by atoms with van der Waals surface area (Å²) in [6, 6.07) is 16.2. The van der Waals surface area contributed by atoms with Gasteiger partial charge in [-0.25, -0.2) is 0 Å². The van der Waals surface area contributed by atoms with Crippen molar-refractivity contribution < 1.29 is 14.3 Å². The van der Waals surface area contributed by atoms with E-state index in [4.69, 9.17) is 16.3 Å². The molecule has 0 aliphatic carbocycles. The van der Waals surface area contributed by atoms with Gasteiger partial charge in [0.15, 0.2) is 5.78 Å². The maximum atomic E-state index is 12.0. The number of ketones is 1. The molecule has 0 radical (unpaired) electrons. The summed E-state index contributed by atoms with van der Waals surface area (Å²) in [5.41, 5.74) is 1.33. The molecule has 0 spiro atoms. The number of Topliss-reactive ketones (excluding diaryl/α,β-unsaturated/α-hetero) is 1. The van der Waals surface area contributed by atoms with Crippen molar-refractivity contribution >= 4 is 34.2 Å². The van der Waals surface area contributed by atoms with E-state index in [-0.39, 0.29) is 37.7 Å². The lowest BCUT2D eigenvalue weighted by molar-refractivity contribution is -0.120. The van der Waals surface area contributed by atoms with E-state index in [0.29, 0.717) is 16.3 Å². The van der Waals surface area contributed by atoms with E-state index in [0.717, 1.165) is 10.9 Å². The standard InChI is InChI=1S/C23H19ClN2O3/c24-19-10-8-17(9-11-19)20(27)12-13-22(28)25-14-1-2-16-29-21-7-3-5-18-6-4-15-26-23(18)21/h3-11,15H,12-14,16H2,(H,25,28). The molecule has 1 N–H and O–H groups in total. The molecular formula is C23H19ClN2O3. The molecule has 1 heterocycles. The number of amides is 1. The summed E-state index contributed by atoms with van der Waals surface area (Å²) >= 11 is 5.80. The van der Waals surface area contributed by atoms with Crippen LogP contribution in [0.15, 0.2) is 60.8 Å². The van der Waals surface area contributed by atoms with E-state index >= 15 is 0 Å². The van der Waals surface area contributed by atoms with Gasteiger partial charge in [-0.2, -0.15) is 0 Å². The van der Waals surface area contributed by atoms with Crippen LogP contribution in [0, 0.1) is 11.8 Å². The summed E-state index contributed by atoms with van der Waals surface area (Å²) in [6.07, 6.45) is 1.97. The minimum absolute atomic E-state index is 0.0972. The Morgan fingerprint density at radius 1 is 1.00 bits per heavy atom. The third-order valence-corrected chi connectivity index (χ3v) is 4.39. The summed E-state index contributed by atoms with van der Waals surface area (Å²) in [5, 5.41) is 4.24. The van der Waals surface area contributed by atoms with Crippen molar-refractivity contribution in [3.8, 4) is 17.6 Å². The molecule has 6 heteroatoms. The van der Waals surface area contributed by atoms with Gasteiger partial charge in [-0.3, -0.25) is 14.6 Å². The third-order valence-electron chi connectivity index (χ3n) is 4.14. The predicted molar refractivity (Wildman–Crippen MR) is 113 cm³/mol. The third kappa shape index (κ3) is 6.06. The fourth-order valence-corrected chi connectivity index (χ4v) is 2.78. The Bertz CT molecular complexity index is 1060. The molecule has 0 bridgehead atoms. The zero-order chi connectivity index (χ0) is 20.5.